The minimum atomic E-state index is -0.638. The molecule has 0 radical (unpaired) electrons. The Bertz CT molecular complexity index is 1190. The van der Waals surface area contributed by atoms with E-state index in [0.29, 0.717) is 11.6 Å². The number of para-hydroxylation sites is 1. The third-order valence-corrected chi connectivity index (χ3v) is 6.59. The zero-order valence-electron chi connectivity index (χ0n) is 17.1. The van der Waals surface area contributed by atoms with E-state index in [1.807, 2.05) is 66.9 Å². The van der Waals surface area contributed by atoms with Crippen LogP contribution < -0.4 is 10.1 Å². The normalized spacial score (nSPS) is 19.6. The summed E-state index contributed by atoms with van der Waals surface area (Å²) in [5.41, 5.74) is 2.79. The van der Waals surface area contributed by atoms with Gasteiger partial charge in [-0.3, -0.25) is 4.79 Å². The molecular weight excluding hydrogens is 404 g/mol. The predicted octanol–water partition coefficient (Wildman–Crippen LogP) is 6.27. The number of anilines is 1. The monoisotopic (exact) mass is 426 g/mol. The van der Waals surface area contributed by atoms with Crippen LogP contribution in [0.3, 0.4) is 0 Å². The molecule has 4 aromatic rings. The molecule has 0 saturated heterocycles. The third kappa shape index (κ3) is 3.73. The highest BCUT2D eigenvalue weighted by atomic mass is 32.1. The minimum Gasteiger partial charge on any atom is -0.457 e. The fourth-order valence-corrected chi connectivity index (χ4v) is 4.99. The Kier molecular flexibility index (Phi) is 5.04. The third-order valence-electron chi connectivity index (χ3n) is 5.91. The van der Waals surface area contributed by atoms with Crippen molar-refractivity contribution in [1.82, 2.24) is 4.98 Å². The van der Waals surface area contributed by atoms with Crippen molar-refractivity contribution < 1.29 is 9.53 Å². The molecule has 3 aromatic carbocycles. The van der Waals surface area contributed by atoms with Gasteiger partial charge in [0.05, 0.1) is 5.41 Å². The van der Waals surface area contributed by atoms with Gasteiger partial charge in [-0.2, -0.15) is 0 Å². The molecule has 1 amide bonds. The number of carbonyl (C=O) groups is 1. The van der Waals surface area contributed by atoms with Crippen LogP contribution in [-0.4, -0.2) is 10.9 Å². The first-order chi connectivity index (χ1) is 15.1. The topological polar surface area (TPSA) is 51.2 Å². The molecule has 0 aliphatic heterocycles. The molecule has 31 heavy (non-hydrogen) atoms. The fraction of sp³-hybridized carbons (Fsp3) is 0.154. The first kappa shape index (κ1) is 19.5. The highest BCUT2D eigenvalue weighted by molar-refractivity contribution is 7.13. The number of nitrogens with zero attached hydrogens (tertiary/aromatic N) is 1. The SMILES string of the molecule is C[C@@]1(C(=O)Nc2nccs2)Cc2ccc(Oc3ccccc3)cc2[C@@H]1c1ccccc1. The van der Waals surface area contributed by atoms with E-state index in [9.17, 15) is 4.79 Å². The van der Waals surface area contributed by atoms with Crippen LogP contribution in [0.2, 0.25) is 0 Å². The first-order valence-electron chi connectivity index (χ1n) is 10.2. The van der Waals surface area contributed by atoms with Crippen LogP contribution in [0.15, 0.2) is 90.4 Å². The van der Waals surface area contributed by atoms with E-state index in [4.69, 9.17) is 4.74 Å². The van der Waals surface area contributed by atoms with Crippen molar-refractivity contribution in [2.24, 2.45) is 5.41 Å². The Morgan fingerprint density at radius 1 is 1.03 bits per heavy atom. The number of nitrogens with one attached hydrogen (secondary N) is 1. The zero-order valence-corrected chi connectivity index (χ0v) is 17.9. The molecule has 2 atom stereocenters. The van der Waals surface area contributed by atoms with Crippen molar-refractivity contribution in [2.45, 2.75) is 19.3 Å². The van der Waals surface area contributed by atoms with Gasteiger partial charge in [-0.05, 0) is 54.3 Å². The Balaban J connectivity index is 1.54. The van der Waals surface area contributed by atoms with Crippen molar-refractivity contribution in [3.05, 3.63) is 107 Å². The van der Waals surface area contributed by atoms with E-state index in [0.717, 1.165) is 22.6 Å². The summed E-state index contributed by atoms with van der Waals surface area (Å²) in [5.74, 6) is 1.47. The van der Waals surface area contributed by atoms with Crippen molar-refractivity contribution in [1.29, 1.82) is 0 Å². The van der Waals surface area contributed by atoms with E-state index in [1.165, 1.54) is 16.9 Å². The first-order valence-corrected chi connectivity index (χ1v) is 11.1. The summed E-state index contributed by atoms with van der Waals surface area (Å²) in [6.07, 6.45) is 2.36. The summed E-state index contributed by atoms with van der Waals surface area (Å²) in [6.45, 7) is 2.05. The van der Waals surface area contributed by atoms with Gasteiger partial charge in [-0.15, -0.1) is 11.3 Å². The van der Waals surface area contributed by atoms with E-state index in [1.54, 1.807) is 6.20 Å². The molecule has 5 heteroatoms. The molecule has 1 aliphatic rings. The lowest BCUT2D eigenvalue weighted by Crippen LogP contribution is -2.37. The molecule has 0 fully saturated rings. The van der Waals surface area contributed by atoms with Crippen LogP contribution in [0.5, 0.6) is 11.5 Å². The molecule has 1 N–H and O–H groups in total. The van der Waals surface area contributed by atoms with Gasteiger partial charge in [-0.25, -0.2) is 4.98 Å². The van der Waals surface area contributed by atoms with Crippen molar-refractivity contribution >= 4 is 22.4 Å². The highest BCUT2D eigenvalue weighted by Crippen LogP contribution is 2.52. The van der Waals surface area contributed by atoms with E-state index in [2.05, 4.69) is 34.6 Å². The summed E-state index contributed by atoms with van der Waals surface area (Å²) >= 11 is 1.43. The standard InChI is InChI=1S/C26H22N2O2S/c1-26(24(29)28-25-27-14-15-31-25)17-19-12-13-21(30-20-10-6-3-7-11-20)16-22(19)23(26)18-8-4-2-5-9-18/h2-16,23H,17H2,1H3,(H,27,28,29)/t23-,26+/m0/s1. The maximum absolute atomic E-state index is 13.5. The largest absolute Gasteiger partial charge is 0.457 e. The molecule has 154 valence electrons. The summed E-state index contributed by atoms with van der Waals surface area (Å²) in [4.78, 5) is 17.7. The molecule has 0 unspecified atom stereocenters. The summed E-state index contributed by atoms with van der Waals surface area (Å²) in [5, 5.41) is 5.52. The number of ether oxygens (including phenoxy) is 1. The lowest BCUT2D eigenvalue weighted by Gasteiger charge is -2.31. The Morgan fingerprint density at radius 3 is 2.48 bits per heavy atom. The molecule has 4 nitrogen and oxygen atoms in total. The quantitative estimate of drug-likeness (QED) is 0.409. The second-order valence-corrected chi connectivity index (χ2v) is 8.90. The number of thiazole rings is 1. The van der Waals surface area contributed by atoms with E-state index in [-0.39, 0.29) is 11.8 Å². The van der Waals surface area contributed by atoms with Crippen LogP contribution in [0.4, 0.5) is 5.13 Å². The van der Waals surface area contributed by atoms with E-state index >= 15 is 0 Å². The maximum atomic E-state index is 13.5. The molecular formula is C26H22N2O2S. The molecule has 1 aliphatic carbocycles. The second kappa shape index (κ2) is 8.00. The number of rotatable bonds is 5. The molecule has 5 rings (SSSR count). The molecule has 1 aromatic heterocycles. The van der Waals surface area contributed by atoms with Gasteiger partial charge in [0.2, 0.25) is 5.91 Å². The van der Waals surface area contributed by atoms with E-state index < -0.39 is 5.41 Å². The van der Waals surface area contributed by atoms with Gasteiger partial charge in [0.15, 0.2) is 5.13 Å². The summed E-state index contributed by atoms with van der Waals surface area (Å²) in [6, 6.07) is 26.2. The van der Waals surface area contributed by atoms with Crippen LogP contribution in [0.1, 0.15) is 29.5 Å². The fourth-order valence-electron chi connectivity index (χ4n) is 4.46. The minimum absolute atomic E-state index is 0.0157. The number of amides is 1. The van der Waals surface area contributed by atoms with Crippen molar-refractivity contribution in [3.63, 3.8) is 0 Å². The van der Waals surface area contributed by atoms with Gasteiger partial charge in [0.25, 0.3) is 0 Å². The van der Waals surface area contributed by atoms with Gasteiger partial charge in [0.1, 0.15) is 11.5 Å². The Labute approximate surface area is 185 Å². The maximum Gasteiger partial charge on any atom is 0.233 e. The summed E-state index contributed by atoms with van der Waals surface area (Å²) in [7, 11) is 0. The Hall–Kier alpha value is -3.44. The average Bonchev–Trinajstić information content (AvgIpc) is 3.40. The number of carbonyl (C=O) groups excluding carboxylic acids is 1. The average molecular weight is 427 g/mol. The number of hydrogen-bond acceptors (Lipinski definition) is 4. The van der Waals surface area contributed by atoms with Crippen LogP contribution in [0.25, 0.3) is 0 Å². The lowest BCUT2D eigenvalue weighted by molar-refractivity contribution is -0.125. The highest BCUT2D eigenvalue weighted by Gasteiger charge is 2.49. The summed E-state index contributed by atoms with van der Waals surface area (Å²) < 4.78 is 6.09. The van der Waals surface area contributed by atoms with Crippen molar-refractivity contribution in [3.8, 4) is 11.5 Å². The van der Waals surface area contributed by atoms with Gasteiger partial charge in [-0.1, -0.05) is 54.6 Å². The van der Waals surface area contributed by atoms with Crippen LogP contribution in [-0.2, 0) is 11.2 Å². The number of aromatic nitrogens is 1. The van der Waals surface area contributed by atoms with Crippen molar-refractivity contribution in [2.75, 3.05) is 5.32 Å². The van der Waals surface area contributed by atoms with Gasteiger partial charge >= 0.3 is 0 Å². The predicted molar refractivity (Wildman–Crippen MR) is 124 cm³/mol. The smallest absolute Gasteiger partial charge is 0.233 e. The molecule has 0 spiro atoms. The molecule has 1 heterocycles. The lowest BCUT2D eigenvalue weighted by atomic mass is 9.73. The number of hydrogen-bond donors (Lipinski definition) is 1. The number of fused-ring (bicyclic) bond motifs is 1. The van der Waals surface area contributed by atoms with Crippen LogP contribution in [0, 0.1) is 5.41 Å². The number of benzene rings is 3. The second-order valence-electron chi connectivity index (χ2n) is 8.01. The molecule has 0 saturated carbocycles. The Morgan fingerprint density at radius 2 is 1.77 bits per heavy atom. The van der Waals surface area contributed by atoms with Gasteiger partial charge in [0, 0.05) is 17.5 Å². The molecule has 0 bridgehead atoms. The van der Waals surface area contributed by atoms with Crippen LogP contribution >= 0.6 is 11.3 Å². The zero-order chi connectivity index (χ0) is 21.3. The van der Waals surface area contributed by atoms with Gasteiger partial charge < -0.3 is 10.1 Å².